The number of methoxy groups -OCH3 is 3. The highest BCUT2D eigenvalue weighted by Gasteiger charge is 2.43. The van der Waals surface area contributed by atoms with Crippen molar-refractivity contribution in [2.45, 2.75) is 72.0 Å². The van der Waals surface area contributed by atoms with Crippen LogP contribution in [0.2, 0.25) is 0 Å². The topological polar surface area (TPSA) is 71.1 Å². The van der Waals surface area contributed by atoms with Crippen molar-refractivity contribution in [2.75, 3.05) is 21.3 Å². The van der Waals surface area contributed by atoms with E-state index in [9.17, 15) is 9.59 Å². The Balaban J connectivity index is 1.93. The fourth-order valence-corrected chi connectivity index (χ4v) is 4.50. The summed E-state index contributed by atoms with van der Waals surface area (Å²) in [5, 5.41) is 0. The van der Waals surface area contributed by atoms with Gasteiger partial charge < -0.3 is 18.9 Å². The second-order valence-corrected chi connectivity index (χ2v) is 8.85. The number of hydrogen-bond acceptors (Lipinski definition) is 6. The van der Waals surface area contributed by atoms with Gasteiger partial charge in [-0.2, -0.15) is 0 Å². The molecule has 174 valence electrons. The Labute approximate surface area is 186 Å². The lowest BCUT2D eigenvalue weighted by molar-refractivity contribution is -0.143. The third-order valence-corrected chi connectivity index (χ3v) is 6.45. The van der Waals surface area contributed by atoms with Crippen molar-refractivity contribution < 1.29 is 28.5 Å². The number of carbonyl (C=O) groups excluding carboxylic acids is 2. The second kappa shape index (κ2) is 11.5. The molecule has 1 aliphatic heterocycles. The molecule has 31 heavy (non-hydrogen) atoms. The molecule has 6 nitrogen and oxygen atoms in total. The van der Waals surface area contributed by atoms with E-state index >= 15 is 0 Å². The Kier molecular flexibility index (Phi) is 9.35. The van der Waals surface area contributed by atoms with E-state index in [1.54, 1.807) is 14.2 Å². The van der Waals surface area contributed by atoms with E-state index in [0.29, 0.717) is 5.76 Å². The van der Waals surface area contributed by atoms with Crippen LogP contribution in [0.1, 0.15) is 59.8 Å². The van der Waals surface area contributed by atoms with Gasteiger partial charge in [0.25, 0.3) is 0 Å². The fourth-order valence-electron chi connectivity index (χ4n) is 4.50. The minimum absolute atomic E-state index is 0.00220. The van der Waals surface area contributed by atoms with Crippen LogP contribution < -0.4 is 0 Å². The molecule has 1 fully saturated rings. The number of ketones is 1. The molecule has 6 heteroatoms. The van der Waals surface area contributed by atoms with Gasteiger partial charge in [0.05, 0.1) is 20.1 Å². The number of cyclic esters (lactones) is 1. The molecule has 0 spiro atoms. The number of ether oxygens (including phenoxy) is 4. The van der Waals surface area contributed by atoms with Crippen LogP contribution in [-0.2, 0) is 28.5 Å². The average molecular weight is 435 g/mol. The van der Waals surface area contributed by atoms with Gasteiger partial charge in [-0.1, -0.05) is 37.1 Å². The van der Waals surface area contributed by atoms with E-state index in [0.717, 1.165) is 32.1 Å². The molecule has 0 saturated carbocycles. The first-order valence-corrected chi connectivity index (χ1v) is 11.1. The summed E-state index contributed by atoms with van der Waals surface area (Å²) in [4.78, 5) is 24.2. The number of Topliss-reactive ketones (excluding diaryl/α,β-unsaturated/α-hetero) is 1. The molecule has 0 bridgehead atoms. The van der Waals surface area contributed by atoms with Gasteiger partial charge in [0.2, 0.25) is 11.5 Å². The van der Waals surface area contributed by atoms with Crippen molar-refractivity contribution in [2.24, 2.45) is 17.8 Å². The summed E-state index contributed by atoms with van der Waals surface area (Å²) in [5.41, 5.74) is 2.53. The van der Waals surface area contributed by atoms with Crippen molar-refractivity contribution in [1.82, 2.24) is 0 Å². The molecular formula is C25H38O6. The zero-order valence-electron chi connectivity index (χ0n) is 20.0. The summed E-state index contributed by atoms with van der Waals surface area (Å²) in [5.74, 6) is 0.432. The Bertz CT molecular complexity index is 747. The first kappa shape index (κ1) is 25.2. The predicted molar refractivity (Wildman–Crippen MR) is 119 cm³/mol. The van der Waals surface area contributed by atoms with Crippen LogP contribution in [-0.4, -0.2) is 45.3 Å². The number of allylic oxidation sites excluding steroid dienone is 4. The molecule has 0 aromatic rings. The lowest BCUT2D eigenvalue weighted by atomic mass is 9.77. The van der Waals surface area contributed by atoms with Crippen LogP contribution in [0.4, 0.5) is 0 Å². The van der Waals surface area contributed by atoms with Gasteiger partial charge in [-0.15, -0.1) is 0 Å². The van der Waals surface area contributed by atoms with E-state index in [4.69, 9.17) is 18.9 Å². The van der Waals surface area contributed by atoms with Gasteiger partial charge in [-0.3, -0.25) is 9.59 Å². The minimum Gasteiger partial charge on any atom is -0.494 e. The van der Waals surface area contributed by atoms with Gasteiger partial charge in [0.15, 0.2) is 5.76 Å². The van der Waals surface area contributed by atoms with Crippen LogP contribution in [0.25, 0.3) is 0 Å². The van der Waals surface area contributed by atoms with Gasteiger partial charge in [0, 0.05) is 25.4 Å². The summed E-state index contributed by atoms with van der Waals surface area (Å²) in [7, 11) is 4.67. The van der Waals surface area contributed by atoms with Crippen LogP contribution in [0, 0.1) is 17.8 Å². The highest BCUT2D eigenvalue weighted by atomic mass is 16.6. The molecule has 0 amide bonds. The number of rotatable bonds is 10. The molecule has 1 heterocycles. The third kappa shape index (κ3) is 6.22. The highest BCUT2D eigenvalue weighted by molar-refractivity contribution is 5.97. The van der Waals surface area contributed by atoms with E-state index in [1.165, 1.54) is 18.3 Å². The second-order valence-electron chi connectivity index (χ2n) is 8.85. The molecule has 1 saturated heterocycles. The van der Waals surface area contributed by atoms with Crippen LogP contribution >= 0.6 is 0 Å². The maximum atomic E-state index is 12.7. The largest absolute Gasteiger partial charge is 0.494 e. The van der Waals surface area contributed by atoms with Crippen LogP contribution in [0.5, 0.6) is 0 Å². The highest BCUT2D eigenvalue weighted by Crippen LogP contribution is 2.37. The summed E-state index contributed by atoms with van der Waals surface area (Å²) < 4.78 is 21.8. The van der Waals surface area contributed by atoms with Gasteiger partial charge in [-0.05, 0) is 39.5 Å². The normalized spacial score (nSPS) is 30.0. The van der Waals surface area contributed by atoms with E-state index in [-0.39, 0.29) is 47.5 Å². The molecule has 2 unspecified atom stereocenters. The molecular weight excluding hydrogens is 396 g/mol. The summed E-state index contributed by atoms with van der Waals surface area (Å²) in [6.07, 6.45) is 8.39. The third-order valence-electron chi connectivity index (χ3n) is 6.45. The molecule has 2 aliphatic rings. The maximum absolute atomic E-state index is 12.7. The lowest BCUT2D eigenvalue weighted by Crippen LogP contribution is -2.41. The Hall–Kier alpha value is -2.08. The molecule has 2 rings (SSSR count). The first-order valence-electron chi connectivity index (χ1n) is 11.1. The van der Waals surface area contributed by atoms with Crippen LogP contribution in [0.3, 0.4) is 0 Å². The summed E-state index contributed by atoms with van der Waals surface area (Å²) in [6.45, 7) is 8.07. The number of hydrogen-bond donors (Lipinski definition) is 0. The van der Waals surface area contributed by atoms with Gasteiger partial charge in [-0.25, -0.2) is 0 Å². The summed E-state index contributed by atoms with van der Waals surface area (Å²) >= 11 is 0. The Morgan fingerprint density at radius 1 is 1.06 bits per heavy atom. The quantitative estimate of drug-likeness (QED) is 0.365. The molecule has 0 radical (unpaired) electrons. The lowest BCUT2D eigenvalue weighted by Gasteiger charge is -2.35. The van der Waals surface area contributed by atoms with E-state index < -0.39 is 0 Å². The van der Waals surface area contributed by atoms with Crippen LogP contribution in [0.15, 0.2) is 34.8 Å². The molecule has 5 atom stereocenters. The first-order chi connectivity index (χ1) is 14.7. The summed E-state index contributed by atoms with van der Waals surface area (Å²) in [6, 6.07) is 0. The number of esters is 1. The standard InChI is InChI=1S/C25H38O6/c1-15(9-8-10-16(2)13-19-14-17(3)25(27)31-19)11-12-20-18(4)21(26)23(29-6)24(30-7)22(20)28-5/h10-11,17-20,22H,8-9,12-14H2,1-7H3/b15-11+,16-10+/t17?,18-,19?,20-,22-/m1/s1. The van der Waals surface area contributed by atoms with Gasteiger partial charge >= 0.3 is 5.97 Å². The van der Waals surface area contributed by atoms with Crippen molar-refractivity contribution in [3.8, 4) is 0 Å². The van der Waals surface area contributed by atoms with Crippen molar-refractivity contribution >= 4 is 11.8 Å². The zero-order chi connectivity index (χ0) is 23.1. The van der Waals surface area contributed by atoms with E-state index in [2.05, 4.69) is 26.0 Å². The molecule has 0 N–H and O–H groups in total. The van der Waals surface area contributed by atoms with E-state index in [1.807, 2.05) is 13.8 Å². The number of carbonyl (C=O) groups is 2. The molecule has 1 aliphatic carbocycles. The maximum Gasteiger partial charge on any atom is 0.309 e. The van der Waals surface area contributed by atoms with Crippen molar-refractivity contribution in [1.29, 1.82) is 0 Å². The molecule has 0 aromatic heterocycles. The Morgan fingerprint density at radius 3 is 2.32 bits per heavy atom. The minimum atomic E-state index is -0.310. The molecule has 0 aromatic carbocycles. The zero-order valence-corrected chi connectivity index (χ0v) is 20.0. The fraction of sp³-hybridized carbons (Fsp3) is 0.680. The predicted octanol–water partition coefficient (Wildman–Crippen LogP) is 4.75. The smallest absolute Gasteiger partial charge is 0.309 e. The average Bonchev–Trinajstić information content (AvgIpc) is 3.04. The monoisotopic (exact) mass is 434 g/mol. The Morgan fingerprint density at radius 2 is 1.77 bits per heavy atom. The van der Waals surface area contributed by atoms with Crippen molar-refractivity contribution in [3.05, 3.63) is 34.8 Å². The van der Waals surface area contributed by atoms with Crippen molar-refractivity contribution in [3.63, 3.8) is 0 Å². The van der Waals surface area contributed by atoms with Gasteiger partial charge in [0.1, 0.15) is 12.2 Å². The SMILES string of the molecule is COC1=C(OC)[C@H](OC)[C@H](C/C=C(\C)CC/C=C(\C)CC2CC(C)C(=O)O2)[C@@H](C)C1=O.